The first-order valence-electron chi connectivity index (χ1n) is 7.37. The smallest absolute Gasteiger partial charge is 0.310 e. The van der Waals surface area contributed by atoms with Crippen molar-refractivity contribution < 1.29 is 14.3 Å². The van der Waals surface area contributed by atoms with Crippen LogP contribution in [0.25, 0.3) is 9.40 Å². The molecule has 3 nitrogen and oxygen atoms in total. The number of thiophene rings is 2. The second-order valence-electron chi connectivity index (χ2n) is 5.14. The van der Waals surface area contributed by atoms with Crippen molar-refractivity contribution in [2.24, 2.45) is 0 Å². The number of ketones is 1. The van der Waals surface area contributed by atoms with Crippen LogP contribution >= 0.6 is 22.7 Å². The lowest BCUT2D eigenvalue weighted by Crippen LogP contribution is -2.10. The minimum Gasteiger partial charge on any atom is -0.466 e. The fourth-order valence-corrected chi connectivity index (χ4v) is 5.06. The van der Waals surface area contributed by atoms with Crippen molar-refractivity contribution in [3.63, 3.8) is 0 Å². The van der Waals surface area contributed by atoms with E-state index in [-0.39, 0.29) is 18.2 Å². The molecule has 0 bridgehead atoms. The number of carbonyl (C=O) groups is 2. The van der Waals surface area contributed by atoms with Gasteiger partial charge in [-0.25, -0.2) is 0 Å². The third kappa shape index (κ3) is 3.21. The summed E-state index contributed by atoms with van der Waals surface area (Å²) in [5, 5.41) is 1.00. The minimum atomic E-state index is -0.293. The predicted octanol–water partition coefficient (Wildman–Crippen LogP) is 4.61. The van der Waals surface area contributed by atoms with Gasteiger partial charge in [-0.1, -0.05) is 30.3 Å². The van der Waals surface area contributed by atoms with Crippen LogP contribution < -0.4 is 0 Å². The fourth-order valence-electron chi connectivity index (χ4n) is 2.49. The van der Waals surface area contributed by atoms with Gasteiger partial charge >= 0.3 is 5.97 Å². The van der Waals surface area contributed by atoms with Crippen LogP contribution in [-0.4, -0.2) is 18.4 Å². The Hall–Kier alpha value is -1.98. The van der Waals surface area contributed by atoms with Crippen LogP contribution in [-0.2, 0) is 16.0 Å². The minimum absolute atomic E-state index is 0.0315. The van der Waals surface area contributed by atoms with Crippen LogP contribution in [0, 0.1) is 6.92 Å². The molecule has 0 amide bonds. The van der Waals surface area contributed by atoms with Gasteiger partial charge in [-0.2, -0.15) is 0 Å². The first-order valence-corrected chi connectivity index (χ1v) is 9.00. The number of esters is 1. The van der Waals surface area contributed by atoms with Gasteiger partial charge in [0.2, 0.25) is 5.78 Å². The van der Waals surface area contributed by atoms with E-state index in [0.717, 1.165) is 15.0 Å². The van der Waals surface area contributed by atoms with E-state index in [4.69, 9.17) is 4.74 Å². The SMILES string of the molecule is CCOC(=O)Cc1c(C(=O)c2ccccc2)sc2sc(C)cc12. The Kier molecular flexibility index (Phi) is 4.59. The molecule has 0 radical (unpaired) electrons. The van der Waals surface area contributed by atoms with Gasteiger partial charge in [-0.05, 0) is 25.5 Å². The first-order chi connectivity index (χ1) is 11.1. The van der Waals surface area contributed by atoms with E-state index >= 15 is 0 Å². The van der Waals surface area contributed by atoms with Gasteiger partial charge < -0.3 is 4.74 Å². The highest BCUT2D eigenvalue weighted by Crippen LogP contribution is 2.38. The standard InChI is InChI=1S/C18H16O3S2/c1-3-21-15(19)10-13-14-9-11(2)22-18(14)23-17(13)16(20)12-7-5-4-6-8-12/h4-9H,3,10H2,1-2H3. The quantitative estimate of drug-likeness (QED) is 0.501. The number of hydrogen-bond donors (Lipinski definition) is 0. The van der Waals surface area contributed by atoms with Crippen molar-refractivity contribution >= 4 is 43.8 Å². The monoisotopic (exact) mass is 344 g/mol. The van der Waals surface area contributed by atoms with Crippen molar-refractivity contribution in [1.29, 1.82) is 0 Å². The van der Waals surface area contributed by atoms with Gasteiger partial charge in [0.25, 0.3) is 0 Å². The highest BCUT2D eigenvalue weighted by molar-refractivity contribution is 7.39. The lowest BCUT2D eigenvalue weighted by atomic mass is 10.0. The zero-order valence-electron chi connectivity index (χ0n) is 12.9. The zero-order chi connectivity index (χ0) is 16.4. The van der Waals surface area contributed by atoms with Gasteiger partial charge in [0.15, 0.2) is 0 Å². The molecule has 0 saturated carbocycles. The van der Waals surface area contributed by atoms with Crippen molar-refractivity contribution in [2.45, 2.75) is 20.3 Å². The Balaban J connectivity index is 2.07. The maximum atomic E-state index is 12.8. The van der Waals surface area contributed by atoms with E-state index < -0.39 is 0 Å². The summed E-state index contributed by atoms with van der Waals surface area (Å²) in [4.78, 5) is 26.6. The Morgan fingerprint density at radius 3 is 2.57 bits per heavy atom. The van der Waals surface area contributed by atoms with Crippen molar-refractivity contribution in [2.75, 3.05) is 6.61 Å². The first kappa shape index (κ1) is 15.9. The number of hydrogen-bond acceptors (Lipinski definition) is 5. The third-order valence-electron chi connectivity index (χ3n) is 3.48. The Labute approximate surface area is 142 Å². The molecule has 2 heterocycles. The van der Waals surface area contributed by atoms with E-state index in [1.54, 1.807) is 30.4 Å². The second-order valence-corrected chi connectivity index (χ2v) is 7.68. The van der Waals surface area contributed by atoms with Crippen LogP contribution in [0.5, 0.6) is 0 Å². The molecule has 2 aromatic heterocycles. The predicted molar refractivity (Wildman–Crippen MR) is 94.7 cm³/mol. The van der Waals surface area contributed by atoms with Crippen LogP contribution in [0.3, 0.4) is 0 Å². The molecule has 0 spiro atoms. The molecule has 0 aliphatic carbocycles. The van der Waals surface area contributed by atoms with E-state index in [9.17, 15) is 9.59 Å². The van der Waals surface area contributed by atoms with Gasteiger partial charge in [0, 0.05) is 15.8 Å². The topological polar surface area (TPSA) is 43.4 Å². The molecule has 118 valence electrons. The summed E-state index contributed by atoms with van der Waals surface area (Å²) >= 11 is 3.12. The molecule has 23 heavy (non-hydrogen) atoms. The van der Waals surface area contributed by atoms with E-state index in [2.05, 4.69) is 0 Å². The summed E-state index contributed by atoms with van der Waals surface area (Å²) in [5.41, 5.74) is 1.44. The van der Waals surface area contributed by atoms with Crippen molar-refractivity contribution in [3.8, 4) is 0 Å². The summed E-state index contributed by atoms with van der Waals surface area (Å²) in [6, 6.07) is 11.2. The largest absolute Gasteiger partial charge is 0.466 e. The molecule has 0 atom stereocenters. The molecule has 0 unspecified atom stereocenters. The van der Waals surface area contributed by atoms with Crippen LogP contribution in [0.2, 0.25) is 0 Å². The number of ether oxygens (including phenoxy) is 1. The van der Waals surface area contributed by atoms with E-state index in [1.165, 1.54) is 16.2 Å². The highest BCUT2D eigenvalue weighted by Gasteiger charge is 2.23. The summed E-state index contributed by atoms with van der Waals surface area (Å²) in [6.45, 7) is 4.16. The summed E-state index contributed by atoms with van der Waals surface area (Å²) in [7, 11) is 0. The van der Waals surface area contributed by atoms with Crippen molar-refractivity contribution in [3.05, 3.63) is 57.3 Å². The Morgan fingerprint density at radius 2 is 1.87 bits per heavy atom. The van der Waals surface area contributed by atoms with Crippen LogP contribution in [0.1, 0.15) is 32.6 Å². The number of benzene rings is 1. The lowest BCUT2D eigenvalue weighted by molar-refractivity contribution is -0.142. The fraction of sp³-hybridized carbons (Fsp3) is 0.222. The zero-order valence-corrected chi connectivity index (χ0v) is 14.6. The molecule has 5 heteroatoms. The molecule has 0 aliphatic heterocycles. The van der Waals surface area contributed by atoms with Gasteiger partial charge in [0.05, 0.1) is 21.9 Å². The molecule has 0 N–H and O–H groups in total. The molecule has 0 saturated heterocycles. The molecule has 3 aromatic rings. The van der Waals surface area contributed by atoms with E-state index in [1.807, 2.05) is 31.2 Å². The summed E-state index contributed by atoms with van der Waals surface area (Å²) in [6.07, 6.45) is 0.137. The summed E-state index contributed by atoms with van der Waals surface area (Å²) < 4.78 is 6.15. The molecule has 0 fully saturated rings. The average Bonchev–Trinajstić information content (AvgIpc) is 3.05. The Morgan fingerprint density at radius 1 is 1.13 bits per heavy atom. The number of rotatable bonds is 5. The van der Waals surface area contributed by atoms with Gasteiger partial charge in [-0.3, -0.25) is 9.59 Å². The molecular weight excluding hydrogens is 328 g/mol. The van der Waals surface area contributed by atoms with Gasteiger partial charge in [0.1, 0.15) is 0 Å². The van der Waals surface area contributed by atoms with Crippen LogP contribution in [0.15, 0.2) is 36.4 Å². The van der Waals surface area contributed by atoms with E-state index in [0.29, 0.717) is 17.0 Å². The molecule has 3 rings (SSSR count). The number of carbonyl (C=O) groups excluding carboxylic acids is 2. The summed E-state index contributed by atoms with van der Waals surface area (Å²) in [5.74, 6) is -0.325. The van der Waals surface area contributed by atoms with Gasteiger partial charge in [-0.15, -0.1) is 22.7 Å². The average molecular weight is 344 g/mol. The second kappa shape index (κ2) is 6.64. The maximum Gasteiger partial charge on any atom is 0.310 e. The molecule has 0 aliphatic rings. The number of aryl methyl sites for hydroxylation is 1. The third-order valence-corrected chi connectivity index (χ3v) is 5.87. The Bertz CT molecular complexity index is 859. The highest BCUT2D eigenvalue weighted by atomic mass is 32.2. The molecule has 1 aromatic carbocycles. The van der Waals surface area contributed by atoms with Crippen molar-refractivity contribution in [1.82, 2.24) is 0 Å². The lowest BCUT2D eigenvalue weighted by Gasteiger charge is -2.04. The maximum absolute atomic E-state index is 12.8. The normalized spacial score (nSPS) is 10.9. The molecular formula is C18H16O3S2. The van der Waals surface area contributed by atoms with Crippen LogP contribution in [0.4, 0.5) is 0 Å². The number of fused-ring (bicyclic) bond motifs is 1.